The van der Waals surface area contributed by atoms with Crippen LogP contribution in [0.5, 0.6) is 0 Å². The summed E-state index contributed by atoms with van der Waals surface area (Å²) in [5, 5.41) is 2.73. The molecular formula is C25H27N3O3. The number of carbonyl (C=O) groups excluding carboxylic acids is 2. The van der Waals surface area contributed by atoms with Crippen molar-refractivity contribution >= 4 is 23.7 Å². The zero-order chi connectivity index (χ0) is 21.5. The van der Waals surface area contributed by atoms with Gasteiger partial charge in [0.25, 0.3) is 5.91 Å². The maximum absolute atomic E-state index is 13.4. The zero-order valence-corrected chi connectivity index (χ0v) is 17.4. The molecule has 1 aliphatic heterocycles. The summed E-state index contributed by atoms with van der Waals surface area (Å²) in [5.74, 6) is 0.111. The van der Waals surface area contributed by atoms with Gasteiger partial charge in [-0.3, -0.25) is 9.59 Å². The largest absolute Gasteiger partial charge is 0.459 e. The minimum Gasteiger partial charge on any atom is -0.459 e. The van der Waals surface area contributed by atoms with Crippen LogP contribution in [0.15, 0.2) is 77.4 Å². The number of amides is 2. The van der Waals surface area contributed by atoms with Crippen LogP contribution in [0.25, 0.3) is 0 Å². The van der Waals surface area contributed by atoms with E-state index in [1.54, 1.807) is 23.1 Å². The summed E-state index contributed by atoms with van der Waals surface area (Å²) < 4.78 is 5.41. The van der Waals surface area contributed by atoms with E-state index < -0.39 is 0 Å². The van der Waals surface area contributed by atoms with E-state index in [1.807, 2.05) is 24.3 Å². The summed E-state index contributed by atoms with van der Waals surface area (Å²) in [7, 11) is 0. The molecule has 6 heteroatoms. The van der Waals surface area contributed by atoms with E-state index in [1.165, 1.54) is 11.8 Å². The van der Waals surface area contributed by atoms with Gasteiger partial charge in [-0.25, -0.2) is 0 Å². The number of para-hydroxylation sites is 2. The summed E-state index contributed by atoms with van der Waals surface area (Å²) in [4.78, 5) is 28.7. The topological polar surface area (TPSA) is 65.8 Å². The average molecular weight is 418 g/mol. The molecule has 1 aromatic heterocycles. The van der Waals surface area contributed by atoms with Gasteiger partial charge in [-0.1, -0.05) is 42.5 Å². The zero-order valence-electron chi connectivity index (χ0n) is 17.4. The Kier molecular flexibility index (Phi) is 6.79. The van der Waals surface area contributed by atoms with E-state index in [0.717, 1.165) is 38.9 Å². The van der Waals surface area contributed by atoms with Crippen molar-refractivity contribution in [3.63, 3.8) is 0 Å². The molecule has 2 aromatic carbocycles. The highest BCUT2D eigenvalue weighted by atomic mass is 16.3. The summed E-state index contributed by atoms with van der Waals surface area (Å²) in [6.07, 6.45) is 4.88. The second-order valence-corrected chi connectivity index (χ2v) is 7.74. The van der Waals surface area contributed by atoms with E-state index in [2.05, 4.69) is 34.5 Å². The number of hydrogen-bond acceptors (Lipinski definition) is 4. The van der Waals surface area contributed by atoms with E-state index >= 15 is 0 Å². The summed E-state index contributed by atoms with van der Waals surface area (Å²) in [6, 6.07) is 21.3. The standard InChI is InChI=1S/C25H27N3O3/c29-19-26-22-9-4-5-10-23(22)28(25(30)24-11-6-18-31-24)21-13-16-27(17-14-21)15-12-20-7-2-1-3-8-20/h1-11,18-19,21H,12-17H2,(H,26,29). The Hall–Kier alpha value is -3.38. The second-order valence-electron chi connectivity index (χ2n) is 7.74. The van der Waals surface area contributed by atoms with Crippen molar-refractivity contribution in [2.75, 3.05) is 29.9 Å². The Labute approximate surface area is 182 Å². The fourth-order valence-corrected chi connectivity index (χ4v) is 4.19. The van der Waals surface area contributed by atoms with Gasteiger partial charge < -0.3 is 19.5 Å². The van der Waals surface area contributed by atoms with Crippen molar-refractivity contribution < 1.29 is 14.0 Å². The van der Waals surface area contributed by atoms with Crippen molar-refractivity contribution in [3.05, 3.63) is 84.3 Å². The lowest BCUT2D eigenvalue weighted by atomic mass is 10.0. The molecule has 4 rings (SSSR count). The van der Waals surface area contributed by atoms with Crippen LogP contribution >= 0.6 is 0 Å². The molecule has 0 bridgehead atoms. The van der Waals surface area contributed by atoms with E-state index in [9.17, 15) is 9.59 Å². The Balaban J connectivity index is 1.49. The fourth-order valence-electron chi connectivity index (χ4n) is 4.19. The van der Waals surface area contributed by atoms with Crippen LogP contribution in [-0.4, -0.2) is 42.9 Å². The van der Waals surface area contributed by atoms with Crippen LogP contribution in [0.3, 0.4) is 0 Å². The Morgan fingerprint density at radius 1 is 1.03 bits per heavy atom. The minimum atomic E-state index is -0.187. The molecule has 0 aliphatic carbocycles. The normalized spacial score (nSPS) is 14.8. The molecule has 2 heterocycles. The highest BCUT2D eigenvalue weighted by Gasteiger charge is 2.32. The van der Waals surface area contributed by atoms with Crippen LogP contribution < -0.4 is 10.2 Å². The highest BCUT2D eigenvalue weighted by Crippen LogP contribution is 2.32. The first-order valence-electron chi connectivity index (χ1n) is 10.7. The molecule has 0 radical (unpaired) electrons. The third kappa shape index (κ3) is 5.03. The number of hydrogen-bond donors (Lipinski definition) is 1. The maximum atomic E-state index is 13.4. The Bertz CT molecular complexity index is 980. The molecular weight excluding hydrogens is 390 g/mol. The molecule has 1 fully saturated rings. The van der Waals surface area contributed by atoms with E-state index in [0.29, 0.717) is 23.5 Å². The molecule has 0 spiro atoms. The van der Waals surface area contributed by atoms with Crippen molar-refractivity contribution in [3.8, 4) is 0 Å². The molecule has 0 atom stereocenters. The van der Waals surface area contributed by atoms with Gasteiger partial charge in [0.05, 0.1) is 17.6 Å². The quantitative estimate of drug-likeness (QED) is 0.558. The highest BCUT2D eigenvalue weighted by molar-refractivity contribution is 6.07. The monoisotopic (exact) mass is 417 g/mol. The van der Waals surface area contributed by atoms with Gasteiger partial charge in [0.1, 0.15) is 0 Å². The Morgan fingerprint density at radius 2 is 1.77 bits per heavy atom. The van der Waals surface area contributed by atoms with Crippen LogP contribution in [0.4, 0.5) is 11.4 Å². The van der Waals surface area contributed by atoms with Gasteiger partial charge in [0.2, 0.25) is 6.41 Å². The molecule has 1 saturated heterocycles. The predicted molar refractivity (Wildman–Crippen MR) is 121 cm³/mol. The lowest BCUT2D eigenvalue weighted by Crippen LogP contribution is -2.48. The molecule has 31 heavy (non-hydrogen) atoms. The first-order chi connectivity index (χ1) is 15.3. The van der Waals surface area contributed by atoms with E-state index in [-0.39, 0.29) is 11.9 Å². The summed E-state index contributed by atoms with van der Waals surface area (Å²) in [5.41, 5.74) is 2.65. The molecule has 2 amide bonds. The number of nitrogens with zero attached hydrogens (tertiary/aromatic N) is 2. The molecule has 0 saturated carbocycles. The number of rotatable bonds is 8. The molecule has 160 valence electrons. The van der Waals surface area contributed by atoms with Gasteiger partial charge in [-0.15, -0.1) is 0 Å². The smallest absolute Gasteiger partial charge is 0.294 e. The number of carbonyl (C=O) groups is 2. The molecule has 1 aliphatic rings. The predicted octanol–water partition coefficient (Wildman–Crippen LogP) is 4.20. The number of anilines is 2. The van der Waals surface area contributed by atoms with Crippen molar-refractivity contribution in [2.45, 2.75) is 25.3 Å². The molecule has 6 nitrogen and oxygen atoms in total. The lowest BCUT2D eigenvalue weighted by molar-refractivity contribution is -0.105. The van der Waals surface area contributed by atoms with Crippen LogP contribution in [0.1, 0.15) is 29.0 Å². The minimum absolute atomic E-state index is 0.0279. The number of likely N-dealkylation sites (tertiary alicyclic amines) is 1. The fraction of sp³-hybridized carbons (Fsp3) is 0.280. The third-order valence-corrected chi connectivity index (χ3v) is 5.81. The van der Waals surface area contributed by atoms with E-state index in [4.69, 9.17) is 4.42 Å². The van der Waals surface area contributed by atoms with Gasteiger partial charge in [-0.05, 0) is 49.1 Å². The average Bonchev–Trinajstić information content (AvgIpc) is 3.36. The molecule has 3 aromatic rings. The lowest BCUT2D eigenvalue weighted by Gasteiger charge is -2.38. The Morgan fingerprint density at radius 3 is 2.48 bits per heavy atom. The summed E-state index contributed by atoms with van der Waals surface area (Å²) >= 11 is 0. The van der Waals surface area contributed by atoms with Gasteiger partial charge in [0, 0.05) is 25.7 Å². The van der Waals surface area contributed by atoms with Gasteiger partial charge in [0.15, 0.2) is 5.76 Å². The molecule has 1 N–H and O–H groups in total. The second kappa shape index (κ2) is 10.1. The van der Waals surface area contributed by atoms with Crippen molar-refractivity contribution in [2.24, 2.45) is 0 Å². The van der Waals surface area contributed by atoms with Crippen LogP contribution in [0.2, 0.25) is 0 Å². The maximum Gasteiger partial charge on any atom is 0.294 e. The van der Waals surface area contributed by atoms with Gasteiger partial charge >= 0.3 is 0 Å². The number of furan rings is 1. The van der Waals surface area contributed by atoms with Crippen molar-refractivity contribution in [1.29, 1.82) is 0 Å². The first-order valence-corrected chi connectivity index (χ1v) is 10.7. The number of piperidine rings is 1. The van der Waals surface area contributed by atoms with Crippen LogP contribution in [-0.2, 0) is 11.2 Å². The number of nitrogens with one attached hydrogen (secondary N) is 1. The van der Waals surface area contributed by atoms with Gasteiger partial charge in [-0.2, -0.15) is 0 Å². The summed E-state index contributed by atoms with van der Waals surface area (Å²) in [6.45, 7) is 2.84. The molecule has 0 unspecified atom stereocenters. The SMILES string of the molecule is O=CNc1ccccc1N(C(=O)c1ccco1)C1CCN(CCc2ccccc2)CC1. The van der Waals surface area contributed by atoms with Crippen LogP contribution in [0, 0.1) is 0 Å². The third-order valence-electron chi connectivity index (χ3n) is 5.81. The first kappa shape index (κ1) is 20.9. The number of benzene rings is 2. The van der Waals surface area contributed by atoms with Crippen molar-refractivity contribution in [1.82, 2.24) is 4.90 Å².